The van der Waals surface area contributed by atoms with Gasteiger partial charge in [0.2, 0.25) is 5.43 Å². The highest BCUT2D eigenvalue weighted by Gasteiger charge is 2.33. The van der Waals surface area contributed by atoms with Crippen molar-refractivity contribution in [1.82, 2.24) is 4.57 Å². The van der Waals surface area contributed by atoms with Gasteiger partial charge in [0.1, 0.15) is 11.3 Å². The van der Waals surface area contributed by atoms with Crippen molar-refractivity contribution in [2.75, 3.05) is 7.11 Å². The molecule has 1 aliphatic rings. The Labute approximate surface area is 101 Å². The minimum absolute atomic E-state index is 0.0320. The molecule has 1 unspecified atom stereocenters. The Morgan fingerprint density at radius 3 is 2.72 bits per heavy atom. The number of aliphatic hydroxyl groups excluding tert-OH is 1. The van der Waals surface area contributed by atoms with Gasteiger partial charge in [-0.15, -0.1) is 0 Å². The van der Waals surface area contributed by atoms with Crippen molar-refractivity contribution in [3.05, 3.63) is 27.2 Å². The molecule has 2 rings (SSSR count). The van der Waals surface area contributed by atoms with Crippen molar-refractivity contribution in [1.29, 1.82) is 0 Å². The van der Waals surface area contributed by atoms with Gasteiger partial charge in [-0.05, 0) is 6.42 Å². The summed E-state index contributed by atoms with van der Waals surface area (Å²) < 4.78 is 6.13. The molecule has 0 aromatic carbocycles. The maximum atomic E-state index is 11.9. The first-order valence-electron chi connectivity index (χ1n) is 5.24. The van der Waals surface area contributed by atoms with E-state index in [0.29, 0.717) is 6.29 Å². The molecular formula is C11H11NO6. The molecule has 0 radical (unpaired) electrons. The van der Waals surface area contributed by atoms with Crippen LogP contribution in [0.25, 0.3) is 0 Å². The van der Waals surface area contributed by atoms with Crippen molar-refractivity contribution in [3.8, 4) is 5.75 Å². The fraction of sp³-hybridized carbons (Fsp3) is 0.364. The van der Waals surface area contributed by atoms with Crippen LogP contribution in [0.4, 0.5) is 0 Å². The topological polar surface area (TPSA) is 106 Å². The van der Waals surface area contributed by atoms with E-state index in [4.69, 9.17) is 9.84 Å². The third-order valence-electron chi connectivity index (χ3n) is 2.98. The molecule has 0 fully saturated rings. The highest BCUT2D eigenvalue weighted by atomic mass is 16.5. The molecule has 0 saturated carbocycles. The number of hydrogen-bond donors (Lipinski definition) is 2. The number of pyridine rings is 1. The fourth-order valence-corrected chi connectivity index (χ4v) is 2.23. The molecule has 0 amide bonds. The van der Waals surface area contributed by atoms with E-state index in [1.54, 1.807) is 0 Å². The number of aldehydes is 1. The van der Waals surface area contributed by atoms with E-state index in [-0.39, 0.29) is 30.1 Å². The zero-order valence-corrected chi connectivity index (χ0v) is 9.54. The van der Waals surface area contributed by atoms with E-state index in [2.05, 4.69) is 0 Å². The van der Waals surface area contributed by atoms with Gasteiger partial charge in [-0.25, -0.2) is 4.79 Å². The third kappa shape index (κ3) is 1.52. The summed E-state index contributed by atoms with van der Waals surface area (Å²) in [5.74, 6) is -1.75. The van der Waals surface area contributed by atoms with Gasteiger partial charge >= 0.3 is 5.97 Å². The van der Waals surface area contributed by atoms with Crippen molar-refractivity contribution < 1.29 is 24.5 Å². The largest absolute Gasteiger partial charge is 0.491 e. The van der Waals surface area contributed by atoms with Crippen LogP contribution >= 0.6 is 0 Å². The summed E-state index contributed by atoms with van der Waals surface area (Å²) in [6.07, 6.45) is -0.380. The summed E-state index contributed by atoms with van der Waals surface area (Å²) >= 11 is 0. The van der Waals surface area contributed by atoms with Gasteiger partial charge < -0.3 is 19.5 Å². The number of ether oxygens (including phenoxy) is 1. The lowest BCUT2D eigenvalue weighted by atomic mass is 10.1. The van der Waals surface area contributed by atoms with Crippen molar-refractivity contribution >= 4 is 12.3 Å². The lowest BCUT2D eigenvalue weighted by Gasteiger charge is -2.14. The zero-order valence-electron chi connectivity index (χ0n) is 9.54. The molecule has 0 spiro atoms. The molecule has 7 heteroatoms. The number of carbonyl (C=O) groups excluding carboxylic acids is 1. The standard InChI is InChI=1S/C11H11NO6/c1-18-10-5(4-13)12-3-2-6(14)8(12)7(9(10)15)11(16)17/h4,6,14H,2-3H2,1H3,(H,16,17). The van der Waals surface area contributed by atoms with Crippen LogP contribution < -0.4 is 10.2 Å². The average Bonchev–Trinajstić information content (AvgIpc) is 2.69. The van der Waals surface area contributed by atoms with Crippen molar-refractivity contribution in [2.24, 2.45) is 0 Å². The number of carbonyl (C=O) groups is 2. The Kier molecular flexibility index (Phi) is 2.92. The number of nitrogens with zero attached hydrogens (tertiary/aromatic N) is 1. The molecule has 0 aliphatic carbocycles. The monoisotopic (exact) mass is 253 g/mol. The van der Waals surface area contributed by atoms with Crippen LogP contribution in [0.15, 0.2) is 4.79 Å². The number of carboxylic acids is 1. The first kappa shape index (κ1) is 12.3. The second-order valence-corrected chi connectivity index (χ2v) is 3.89. The Balaban J connectivity index is 2.93. The summed E-state index contributed by atoms with van der Waals surface area (Å²) in [4.78, 5) is 34.1. The Morgan fingerprint density at radius 1 is 1.56 bits per heavy atom. The van der Waals surface area contributed by atoms with Crippen LogP contribution in [-0.4, -0.2) is 34.1 Å². The van der Waals surface area contributed by atoms with Crippen molar-refractivity contribution in [3.63, 3.8) is 0 Å². The van der Waals surface area contributed by atoms with Gasteiger partial charge in [-0.1, -0.05) is 0 Å². The van der Waals surface area contributed by atoms with Gasteiger partial charge in [0, 0.05) is 6.54 Å². The van der Waals surface area contributed by atoms with Crippen LogP contribution in [0.2, 0.25) is 0 Å². The van der Waals surface area contributed by atoms with Crippen LogP contribution in [0.3, 0.4) is 0 Å². The highest BCUT2D eigenvalue weighted by Crippen LogP contribution is 2.31. The Hall–Kier alpha value is -2.15. The van der Waals surface area contributed by atoms with E-state index in [9.17, 15) is 19.5 Å². The van der Waals surface area contributed by atoms with E-state index in [1.807, 2.05) is 0 Å². The minimum Gasteiger partial charge on any atom is -0.491 e. The smallest absolute Gasteiger partial charge is 0.341 e. The summed E-state index contributed by atoms with van der Waals surface area (Å²) in [6, 6.07) is 0. The Morgan fingerprint density at radius 2 is 2.22 bits per heavy atom. The van der Waals surface area contributed by atoms with Gasteiger partial charge in [-0.2, -0.15) is 0 Å². The molecule has 1 aromatic rings. The predicted molar refractivity (Wildman–Crippen MR) is 59.2 cm³/mol. The van der Waals surface area contributed by atoms with E-state index < -0.39 is 23.1 Å². The average molecular weight is 253 g/mol. The summed E-state index contributed by atoms with van der Waals surface area (Å²) in [7, 11) is 1.19. The van der Waals surface area contributed by atoms with Gasteiger partial charge in [-0.3, -0.25) is 9.59 Å². The van der Waals surface area contributed by atoms with E-state index in [0.717, 1.165) is 0 Å². The lowest BCUT2D eigenvalue weighted by Crippen LogP contribution is -2.25. The number of carboxylic acid groups (broad SMARTS) is 1. The predicted octanol–water partition coefficient (Wildman–Crippen LogP) is -0.195. The highest BCUT2D eigenvalue weighted by molar-refractivity contribution is 5.91. The summed E-state index contributed by atoms with van der Waals surface area (Å²) in [6.45, 7) is 0.265. The minimum atomic E-state index is -1.44. The molecule has 1 atom stereocenters. The number of rotatable bonds is 3. The molecule has 1 aromatic heterocycles. The van der Waals surface area contributed by atoms with Crippen LogP contribution in [-0.2, 0) is 6.54 Å². The van der Waals surface area contributed by atoms with Crippen molar-refractivity contribution in [2.45, 2.75) is 19.1 Å². The zero-order chi connectivity index (χ0) is 13.4. The van der Waals surface area contributed by atoms with Gasteiger partial charge in [0.25, 0.3) is 0 Å². The lowest BCUT2D eigenvalue weighted by molar-refractivity contribution is 0.0686. The quantitative estimate of drug-likeness (QED) is 0.723. The maximum absolute atomic E-state index is 11.9. The van der Waals surface area contributed by atoms with Crippen LogP contribution in [0.5, 0.6) is 5.75 Å². The SMILES string of the molecule is COc1c(C=O)n2c(c(C(=O)O)c1=O)C(O)CC2. The maximum Gasteiger partial charge on any atom is 0.341 e. The first-order chi connectivity index (χ1) is 8.52. The molecule has 96 valence electrons. The Bertz CT molecular complexity index is 588. The second kappa shape index (κ2) is 4.26. The van der Waals surface area contributed by atoms with E-state index in [1.165, 1.54) is 11.7 Å². The molecule has 0 saturated heterocycles. The molecule has 1 aliphatic heterocycles. The molecule has 0 bridgehead atoms. The van der Waals surface area contributed by atoms with E-state index >= 15 is 0 Å². The summed E-state index contributed by atoms with van der Waals surface area (Å²) in [5, 5.41) is 18.8. The fourth-order valence-electron chi connectivity index (χ4n) is 2.23. The van der Waals surface area contributed by atoms with Gasteiger partial charge in [0.05, 0.1) is 18.9 Å². The number of aromatic nitrogens is 1. The molecule has 18 heavy (non-hydrogen) atoms. The number of methoxy groups -OCH3 is 1. The number of hydrogen-bond acceptors (Lipinski definition) is 5. The second-order valence-electron chi connectivity index (χ2n) is 3.89. The molecule has 7 nitrogen and oxygen atoms in total. The first-order valence-corrected chi connectivity index (χ1v) is 5.24. The molecule has 2 N–H and O–H groups in total. The van der Waals surface area contributed by atoms with Gasteiger partial charge in [0.15, 0.2) is 12.0 Å². The molecular weight excluding hydrogens is 242 g/mol. The third-order valence-corrected chi connectivity index (χ3v) is 2.98. The van der Waals surface area contributed by atoms with Crippen LogP contribution in [0.1, 0.15) is 39.1 Å². The van der Waals surface area contributed by atoms with Crippen LogP contribution in [0, 0.1) is 0 Å². The number of fused-ring (bicyclic) bond motifs is 1. The number of aliphatic hydroxyl groups is 1. The normalized spacial score (nSPS) is 17.3. The number of aromatic carboxylic acids is 1. The molecule has 2 heterocycles. The summed E-state index contributed by atoms with van der Waals surface area (Å²) in [5.41, 5.74) is -1.50.